The summed E-state index contributed by atoms with van der Waals surface area (Å²) in [6.07, 6.45) is 0. The Morgan fingerprint density at radius 3 is 2.46 bits per heavy atom. The molecule has 2 amide bonds. The number of carbonyl (C=O) groups is 2. The second-order valence-electron chi connectivity index (χ2n) is 8.84. The standard InChI is InChI=1S/C26H27ClN6O2S2/c1-15(2)22(30-24(35)18-7-5-16(3)6-8-18)23-31-32-26(33(23)4)37-14-21(34)29-25-28-20(13-36-25)17-9-11-19(27)12-10-17/h5-13,15,22H,14H2,1-4H3,(H,30,35)(H,28,29,34). The van der Waals surface area contributed by atoms with Crippen LogP contribution in [0.15, 0.2) is 59.1 Å². The normalized spacial score (nSPS) is 11.9. The highest BCUT2D eigenvalue weighted by Gasteiger charge is 2.25. The second-order valence-corrected chi connectivity index (χ2v) is 11.1. The van der Waals surface area contributed by atoms with Crippen molar-refractivity contribution in [2.45, 2.75) is 32.0 Å². The SMILES string of the molecule is Cc1ccc(C(=O)NC(c2nnc(SCC(=O)Nc3nc(-c4ccc(Cl)cc4)cs3)n2C)C(C)C)cc1. The number of aromatic nitrogens is 4. The number of thiazole rings is 1. The number of halogens is 1. The van der Waals surface area contributed by atoms with Gasteiger partial charge < -0.3 is 15.2 Å². The van der Waals surface area contributed by atoms with Crippen molar-refractivity contribution in [3.8, 4) is 11.3 Å². The van der Waals surface area contributed by atoms with Gasteiger partial charge in [0, 0.05) is 28.6 Å². The Labute approximate surface area is 228 Å². The Kier molecular flexibility index (Phi) is 8.63. The number of rotatable bonds is 9. The molecule has 0 aliphatic rings. The van der Waals surface area contributed by atoms with E-state index in [1.807, 2.05) is 62.0 Å². The van der Waals surface area contributed by atoms with Gasteiger partial charge in [-0.05, 0) is 37.1 Å². The molecule has 0 spiro atoms. The van der Waals surface area contributed by atoms with Crippen LogP contribution in [0.25, 0.3) is 11.3 Å². The van der Waals surface area contributed by atoms with E-state index in [4.69, 9.17) is 11.6 Å². The highest BCUT2D eigenvalue weighted by Crippen LogP contribution is 2.27. The molecule has 0 saturated heterocycles. The lowest BCUT2D eigenvalue weighted by molar-refractivity contribution is -0.113. The highest BCUT2D eigenvalue weighted by atomic mass is 35.5. The smallest absolute Gasteiger partial charge is 0.251 e. The number of anilines is 1. The number of aryl methyl sites for hydroxylation is 1. The van der Waals surface area contributed by atoms with Crippen LogP contribution < -0.4 is 10.6 Å². The zero-order chi connectivity index (χ0) is 26.5. The Morgan fingerprint density at radius 1 is 1.08 bits per heavy atom. The van der Waals surface area contributed by atoms with Crippen LogP contribution >= 0.6 is 34.7 Å². The van der Waals surface area contributed by atoms with E-state index in [0.717, 1.165) is 16.8 Å². The molecule has 0 radical (unpaired) electrons. The van der Waals surface area contributed by atoms with Crippen LogP contribution in [0.4, 0.5) is 5.13 Å². The fourth-order valence-electron chi connectivity index (χ4n) is 3.55. The first kappa shape index (κ1) is 26.8. The summed E-state index contributed by atoms with van der Waals surface area (Å²) in [4.78, 5) is 29.9. The number of nitrogens with zero attached hydrogens (tertiary/aromatic N) is 4. The number of hydrogen-bond donors (Lipinski definition) is 2. The number of carbonyl (C=O) groups excluding carboxylic acids is 2. The minimum Gasteiger partial charge on any atom is -0.342 e. The first-order valence-electron chi connectivity index (χ1n) is 11.6. The van der Waals surface area contributed by atoms with Crippen molar-refractivity contribution in [3.05, 3.63) is 75.9 Å². The fourth-order valence-corrected chi connectivity index (χ4v) is 5.13. The van der Waals surface area contributed by atoms with Crippen LogP contribution in [-0.2, 0) is 11.8 Å². The molecule has 4 aromatic rings. The number of hydrogen-bond acceptors (Lipinski definition) is 7. The number of amides is 2. The molecule has 0 aliphatic heterocycles. The quantitative estimate of drug-likeness (QED) is 0.255. The maximum atomic E-state index is 12.8. The summed E-state index contributed by atoms with van der Waals surface area (Å²) in [5.41, 5.74) is 3.38. The third kappa shape index (κ3) is 6.76. The Hall–Kier alpha value is -3.21. The lowest BCUT2D eigenvalue weighted by Gasteiger charge is -2.21. The van der Waals surface area contributed by atoms with E-state index in [9.17, 15) is 9.59 Å². The molecular weight excluding hydrogens is 528 g/mol. The van der Waals surface area contributed by atoms with Crippen molar-refractivity contribution < 1.29 is 9.59 Å². The van der Waals surface area contributed by atoms with Gasteiger partial charge in [-0.15, -0.1) is 21.5 Å². The number of benzene rings is 2. The Morgan fingerprint density at radius 2 is 1.78 bits per heavy atom. The molecule has 8 nitrogen and oxygen atoms in total. The molecule has 2 heterocycles. The van der Waals surface area contributed by atoms with Gasteiger partial charge in [0.05, 0.1) is 17.5 Å². The Bertz CT molecular complexity index is 1380. The van der Waals surface area contributed by atoms with Gasteiger partial charge in [-0.1, -0.05) is 67.0 Å². The van der Waals surface area contributed by atoms with Gasteiger partial charge in [0.2, 0.25) is 5.91 Å². The monoisotopic (exact) mass is 554 g/mol. The van der Waals surface area contributed by atoms with Crippen molar-refractivity contribution in [1.82, 2.24) is 25.1 Å². The number of nitrogens with one attached hydrogen (secondary N) is 2. The van der Waals surface area contributed by atoms with Crippen LogP contribution in [0.5, 0.6) is 0 Å². The topological polar surface area (TPSA) is 102 Å². The van der Waals surface area contributed by atoms with Gasteiger partial charge in [0.15, 0.2) is 16.1 Å². The van der Waals surface area contributed by atoms with Gasteiger partial charge in [0.1, 0.15) is 0 Å². The van der Waals surface area contributed by atoms with E-state index in [0.29, 0.717) is 26.7 Å². The van der Waals surface area contributed by atoms with Gasteiger partial charge in [0.25, 0.3) is 5.91 Å². The summed E-state index contributed by atoms with van der Waals surface area (Å²) < 4.78 is 1.82. The van der Waals surface area contributed by atoms with Crippen LogP contribution in [-0.4, -0.2) is 37.3 Å². The lowest BCUT2D eigenvalue weighted by Crippen LogP contribution is -2.33. The number of thioether (sulfide) groups is 1. The summed E-state index contributed by atoms with van der Waals surface area (Å²) >= 11 is 8.58. The van der Waals surface area contributed by atoms with Crippen molar-refractivity contribution >= 4 is 51.6 Å². The van der Waals surface area contributed by atoms with Crippen LogP contribution in [0, 0.1) is 12.8 Å². The second kappa shape index (κ2) is 11.9. The molecule has 0 aliphatic carbocycles. The van der Waals surface area contributed by atoms with Gasteiger partial charge >= 0.3 is 0 Å². The minimum absolute atomic E-state index is 0.0817. The Balaban J connectivity index is 1.37. The predicted octanol–water partition coefficient (Wildman–Crippen LogP) is 5.76. The van der Waals surface area contributed by atoms with Crippen LogP contribution in [0.3, 0.4) is 0 Å². The third-order valence-electron chi connectivity index (χ3n) is 5.64. The van der Waals surface area contributed by atoms with Gasteiger partial charge in [-0.2, -0.15) is 0 Å². The molecule has 11 heteroatoms. The third-order valence-corrected chi connectivity index (χ3v) is 7.67. The molecule has 2 N–H and O–H groups in total. The summed E-state index contributed by atoms with van der Waals surface area (Å²) in [6, 6.07) is 14.5. The summed E-state index contributed by atoms with van der Waals surface area (Å²) in [7, 11) is 1.84. The molecule has 1 unspecified atom stereocenters. The van der Waals surface area contributed by atoms with Crippen LogP contribution in [0.2, 0.25) is 5.02 Å². The summed E-state index contributed by atoms with van der Waals surface area (Å²) in [5, 5.41) is 18.2. The molecule has 2 aromatic heterocycles. The summed E-state index contributed by atoms with van der Waals surface area (Å²) in [5.74, 6) is 0.490. The fraction of sp³-hybridized carbons (Fsp3) is 0.269. The maximum absolute atomic E-state index is 12.8. The molecule has 0 saturated carbocycles. The zero-order valence-electron chi connectivity index (χ0n) is 20.9. The molecular formula is C26H27ClN6O2S2. The molecule has 4 rings (SSSR count). The predicted molar refractivity (Wildman–Crippen MR) is 149 cm³/mol. The van der Waals surface area contributed by atoms with E-state index < -0.39 is 0 Å². The first-order chi connectivity index (χ1) is 17.7. The average molecular weight is 555 g/mol. The molecule has 2 aromatic carbocycles. The minimum atomic E-state index is -0.337. The first-order valence-corrected chi connectivity index (χ1v) is 13.9. The van der Waals surface area contributed by atoms with E-state index in [1.165, 1.54) is 23.1 Å². The van der Waals surface area contributed by atoms with Gasteiger partial charge in [-0.3, -0.25) is 9.59 Å². The lowest BCUT2D eigenvalue weighted by atomic mass is 10.0. The largest absolute Gasteiger partial charge is 0.342 e. The van der Waals surface area contributed by atoms with Crippen molar-refractivity contribution in [2.75, 3.05) is 11.1 Å². The van der Waals surface area contributed by atoms with Crippen LogP contribution in [0.1, 0.15) is 41.6 Å². The molecule has 37 heavy (non-hydrogen) atoms. The van der Waals surface area contributed by atoms with E-state index in [2.05, 4.69) is 25.8 Å². The molecule has 1 atom stereocenters. The van der Waals surface area contributed by atoms with E-state index >= 15 is 0 Å². The van der Waals surface area contributed by atoms with E-state index in [1.54, 1.807) is 24.3 Å². The summed E-state index contributed by atoms with van der Waals surface area (Å²) in [6.45, 7) is 6.01. The van der Waals surface area contributed by atoms with Crippen molar-refractivity contribution in [3.63, 3.8) is 0 Å². The zero-order valence-corrected chi connectivity index (χ0v) is 23.2. The molecule has 0 fully saturated rings. The van der Waals surface area contributed by atoms with Crippen molar-refractivity contribution in [1.29, 1.82) is 0 Å². The van der Waals surface area contributed by atoms with E-state index in [-0.39, 0.29) is 29.5 Å². The average Bonchev–Trinajstić information content (AvgIpc) is 3.48. The maximum Gasteiger partial charge on any atom is 0.251 e. The molecule has 0 bridgehead atoms. The molecule has 192 valence electrons. The highest BCUT2D eigenvalue weighted by molar-refractivity contribution is 7.99. The van der Waals surface area contributed by atoms with Gasteiger partial charge in [-0.25, -0.2) is 4.98 Å². The van der Waals surface area contributed by atoms with Crippen molar-refractivity contribution in [2.24, 2.45) is 13.0 Å².